The number of para-hydroxylation sites is 1. The average molecular weight is 586 g/mol. The molecule has 4 aromatic rings. The maximum Gasteiger partial charge on any atom is 0.410 e. The highest BCUT2D eigenvalue weighted by Gasteiger charge is 2.28. The number of nitrogens with zero attached hydrogens (tertiary/aromatic N) is 2. The fraction of sp³-hybridized carbons (Fsp3) is 0.312. The first-order chi connectivity index (χ1) is 20.1. The largest absolute Gasteiger partial charge is 0.444 e. The van der Waals surface area contributed by atoms with Crippen molar-refractivity contribution in [1.82, 2.24) is 20.4 Å². The van der Waals surface area contributed by atoms with Gasteiger partial charge >= 0.3 is 6.09 Å². The number of thiophene rings is 1. The number of aryl methyl sites for hydroxylation is 1. The topological polar surface area (TPSA) is 116 Å². The minimum absolute atomic E-state index is 0.0736. The number of hydrogen-bond donors (Lipinski definition) is 3. The van der Waals surface area contributed by atoms with Crippen LogP contribution in [0.3, 0.4) is 0 Å². The van der Waals surface area contributed by atoms with Gasteiger partial charge in [-0.25, -0.2) is 4.79 Å². The quantitative estimate of drug-likeness (QED) is 0.239. The lowest BCUT2D eigenvalue weighted by Gasteiger charge is -2.33. The van der Waals surface area contributed by atoms with Crippen LogP contribution in [-0.4, -0.2) is 57.7 Å². The fourth-order valence-electron chi connectivity index (χ4n) is 4.82. The number of hydrogen-bond acceptors (Lipinski definition) is 6. The van der Waals surface area contributed by atoms with Crippen molar-refractivity contribution in [2.24, 2.45) is 0 Å². The number of aromatic nitrogens is 2. The van der Waals surface area contributed by atoms with Crippen LogP contribution in [0.2, 0.25) is 0 Å². The molecule has 42 heavy (non-hydrogen) atoms. The van der Waals surface area contributed by atoms with Gasteiger partial charge in [-0.05, 0) is 87.4 Å². The number of piperidine rings is 1. The summed E-state index contributed by atoms with van der Waals surface area (Å²) in [6.45, 7) is 8.44. The van der Waals surface area contributed by atoms with Gasteiger partial charge in [0.05, 0.1) is 16.1 Å². The smallest absolute Gasteiger partial charge is 0.410 e. The van der Waals surface area contributed by atoms with E-state index in [0.29, 0.717) is 42.1 Å². The van der Waals surface area contributed by atoms with E-state index in [2.05, 4.69) is 20.8 Å². The zero-order chi connectivity index (χ0) is 29.9. The maximum atomic E-state index is 13.3. The number of amides is 3. The molecule has 3 amide bonds. The van der Waals surface area contributed by atoms with Crippen molar-refractivity contribution < 1.29 is 19.1 Å². The number of H-pyrrole nitrogens is 1. The van der Waals surface area contributed by atoms with Gasteiger partial charge in [-0.15, -0.1) is 11.3 Å². The Kier molecular flexibility index (Phi) is 8.44. The zero-order valence-electron chi connectivity index (χ0n) is 24.2. The normalized spacial score (nSPS) is 14.3. The van der Waals surface area contributed by atoms with Gasteiger partial charge in [0.1, 0.15) is 5.60 Å². The number of benzene rings is 2. The number of carbonyl (C=O) groups is 3. The van der Waals surface area contributed by atoms with E-state index in [1.54, 1.807) is 17.0 Å². The number of anilines is 1. The Morgan fingerprint density at radius 1 is 1.05 bits per heavy atom. The molecule has 0 atom stereocenters. The molecule has 3 N–H and O–H groups in total. The van der Waals surface area contributed by atoms with Crippen LogP contribution in [-0.2, 0) is 4.74 Å². The van der Waals surface area contributed by atoms with Gasteiger partial charge in [0.15, 0.2) is 0 Å². The van der Waals surface area contributed by atoms with Gasteiger partial charge < -0.3 is 20.3 Å². The molecule has 1 saturated heterocycles. The van der Waals surface area contributed by atoms with Crippen molar-refractivity contribution in [3.05, 3.63) is 81.2 Å². The highest BCUT2D eigenvalue weighted by Crippen LogP contribution is 2.25. The van der Waals surface area contributed by atoms with Gasteiger partial charge in [-0.1, -0.05) is 30.3 Å². The predicted octanol–water partition coefficient (Wildman–Crippen LogP) is 6.48. The van der Waals surface area contributed by atoms with E-state index in [4.69, 9.17) is 4.74 Å². The molecule has 0 spiro atoms. The SMILES string of the molecule is Cc1ccsc1C(=O)Nc1cc(C(=O)NC2CCN(C(=O)OC(C)(C)C)CC2)ccc1/C=C/c1n[nH]c2ccccc12. The number of likely N-dealkylation sites (tertiary alicyclic amines) is 1. The van der Waals surface area contributed by atoms with E-state index in [-0.39, 0.29) is 23.9 Å². The van der Waals surface area contributed by atoms with Crippen LogP contribution in [0.1, 0.15) is 70.5 Å². The van der Waals surface area contributed by atoms with Gasteiger partial charge in [-0.2, -0.15) is 5.10 Å². The zero-order valence-corrected chi connectivity index (χ0v) is 25.0. The molecule has 3 heterocycles. The second-order valence-electron chi connectivity index (χ2n) is 11.4. The molecule has 0 saturated carbocycles. The summed E-state index contributed by atoms with van der Waals surface area (Å²) < 4.78 is 5.47. The summed E-state index contributed by atoms with van der Waals surface area (Å²) in [7, 11) is 0. The monoisotopic (exact) mass is 585 g/mol. The number of ether oxygens (including phenoxy) is 1. The van der Waals surface area contributed by atoms with Gasteiger partial charge in [0.2, 0.25) is 0 Å². The van der Waals surface area contributed by atoms with E-state index >= 15 is 0 Å². The Hall–Kier alpha value is -4.44. The van der Waals surface area contributed by atoms with Crippen LogP contribution < -0.4 is 10.6 Å². The molecule has 218 valence electrons. The molecule has 0 radical (unpaired) electrons. The molecular formula is C32H35N5O4S. The van der Waals surface area contributed by atoms with E-state index < -0.39 is 5.60 Å². The molecule has 1 aliphatic heterocycles. The number of aromatic amines is 1. The Morgan fingerprint density at radius 2 is 1.81 bits per heavy atom. The van der Waals surface area contributed by atoms with Crippen LogP contribution in [0.25, 0.3) is 23.1 Å². The van der Waals surface area contributed by atoms with Gasteiger partial charge in [-0.3, -0.25) is 14.7 Å². The number of rotatable bonds is 6. The summed E-state index contributed by atoms with van der Waals surface area (Å²) in [5, 5.41) is 16.4. The third-order valence-corrected chi connectivity index (χ3v) is 8.05. The molecule has 2 aromatic carbocycles. The number of carbonyl (C=O) groups excluding carboxylic acids is 3. The van der Waals surface area contributed by atoms with E-state index in [0.717, 1.165) is 27.7 Å². The van der Waals surface area contributed by atoms with Crippen LogP contribution in [0.15, 0.2) is 53.9 Å². The summed E-state index contributed by atoms with van der Waals surface area (Å²) in [6, 6.07) is 15.0. The molecule has 9 nitrogen and oxygen atoms in total. The Balaban J connectivity index is 1.32. The summed E-state index contributed by atoms with van der Waals surface area (Å²) >= 11 is 1.37. The lowest BCUT2D eigenvalue weighted by atomic mass is 10.0. The second kappa shape index (κ2) is 12.2. The minimum Gasteiger partial charge on any atom is -0.444 e. The van der Waals surface area contributed by atoms with E-state index in [9.17, 15) is 14.4 Å². The third-order valence-electron chi connectivity index (χ3n) is 7.03. The lowest BCUT2D eigenvalue weighted by Crippen LogP contribution is -2.47. The van der Waals surface area contributed by atoms with Gasteiger partial charge in [0.25, 0.3) is 11.8 Å². The first-order valence-electron chi connectivity index (χ1n) is 14.0. The second-order valence-corrected chi connectivity index (χ2v) is 12.3. The van der Waals surface area contributed by atoms with Crippen molar-refractivity contribution in [1.29, 1.82) is 0 Å². The predicted molar refractivity (Wildman–Crippen MR) is 167 cm³/mol. The van der Waals surface area contributed by atoms with Crippen LogP contribution in [0.4, 0.5) is 10.5 Å². The van der Waals surface area contributed by atoms with Gasteiger partial charge in [0, 0.05) is 35.8 Å². The van der Waals surface area contributed by atoms with Crippen LogP contribution in [0.5, 0.6) is 0 Å². The van der Waals surface area contributed by atoms with Crippen molar-refractivity contribution in [3.63, 3.8) is 0 Å². The fourth-order valence-corrected chi connectivity index (χ4v) is 5.64. The first-order valence-corrected chi connectivity index (χ1v) is 14.8. The van der Waals surface area contributed by atoms with Crippen molar-refractivity contribution >= 4 is 58.0 Å². The molecule has 5 rings (SSSR count). The molecule has 1 aliphatic rings. The number of nitrogens with one attached hydrogen (secondary N) is 3. The standard InChI is InChI=1S/C32H35N5O4S/c1-20-15-18-42-28(20)30(39)34-27-19-22(10-9-21(27)11-12-26-24-7-5-6-8-25(24)35-36-26)29(38)33-23-13-16-37(17-14-23)31(40)41-32(2,3)4/h5-12,15,18-19,23H,13-14,16-17H2,1-4H3,(H,33,38)(H,34,39)(H,35,36)/b12-11+. The highest BCUT2D eigenvalue weighted by molar-refractivity contribution is 7.12. The summed E-state index contributed by atoms with van der Waals surface area (Å²) in [5.74, 6) is -0.461. The Labute approximate surface area is 249 Å². The molecule has 0 aliphatic carbocycles. The summed E-state index contributed by atoms with van der Waals surface area (Å²) in [5.41, 5.74) is 3.75. The van der Waals surface area contributed by atoms with Crippen molar-refractivity contribution in [2.45, 2.75) is 52.2 Å². The third kappa shape index (κ3) is 6.88. The molecule has 0 unspecified atom stereocenters. The number of fused-ring (bicyclic) bond motifs is 1. The molecule has 1 fully saturated rings. The molecule has 2 aromatic heterocycles. The van der Waals surface area contributed by atoms with Crippen LogP contribution in [0, 0.1) is 6.92 Å². The highest BCUT2D eigenvalue weighted by atomic mass is 32.1. The minimum atomic E-state index is -0.551. The lowest BCUT2D eigenvalue weighted by molar-refractivity contribution is 0.0199. The molecule has 10 heteroatoms. The average Bonchev–Trinajstić information content (AvgIpc) is 3.57. The summed E-state index contributed by atoms with van der Waals surface area (Å²) in [4.78, 5) is 41.1. The summed E-state index contributed by atoms with van der Waals surface area (Å²) in [6.07, 6.45) is 4.70. The molecule has 0 bridgehead atoms. The van der Waals surface area contributed by atoms with Crippen molar-refractivity contribution in [3.8, 4) is 0 Å². The Morgan fingerprint density at radius 3 is 2.52 bits per heavy atom. The Bertz CT molecular complexity index is 1640. The van der Waals surface area contributed by atoms with E-state index in [1.165, 1.54) is 11.3 Å². The molecular weight excluding hydrogens is 550 g/mol. The maximum absolute atomic E-state index is 13.3. The first kappa shape index (κ1) is 29.1. The van der Waals surface area contributed by atoms with Crippen molar-refractivity contribution in [2.75, 3.05) is 18.4 Å². The van der Waals surface area contributed by atoms with Crippen LogP contribution >= 0.6 is 11.3 Å². The van der Waals surface area contributed by atoms with E-state index in [1.807, 2.05) is 81.6 Å².